The van der Waals surface area contributed by atoms with Gasteiger partial charge in [0.1, 0.15) is 0 Å². The number of halogens is 3. The average molecular weight is 357 g/mol. The van der Waals surface area contributed by atoms with Gasteiger partial charge in [-0.1, -0.05) is 62.4 Å². The maximum absolute atomic E-state index is 13.5. The number of fused-ring (bicyclic) bond motifs is 3. The first kappa shape index (κ1) is 17.2. The molecule has 26 heavy (non-hydrogen) atoms. The van der Waals surface area contributed by atoms with E-state index in [4.69, 9.17) is 0 Å². The number of hydrogen-bond acceptors (Lipinski definition) is 1. The third kappa shape index (κ3) is 2.81. The fourth-order valence-electron chi connectivity index (χ4n) is 4.28. The Balaban J connectivity index is 1.78. The van der Waals surface area contributed by atoms with Crippen LogP contribution in [-0.2, 0) is 6.18 Å². The number of hydrogen-bond donors (Lipinski definition) is 1. The number of rotatable bonds is 2. The van der Waals surface area contributed by atoms with Gasteiger partial charge in [-0.3, -0.25) is 0 Å². The van der Waals surface area contributed by atoms with Crippen molar-refractivity contribution in [2.24, 2.45) is 5.92 Å². The van der Waals surface area contributed by atoms with E-state index >= 15 is 0 Å². The zero-order valence-electron chi connectivity index (χ0n) is 14.8. The van der Waals surface area contributed by atoms with Gasteiger partial charge in [-0.2, -0.15) is 13.2 Å². The molecule has 3 atom stereocenters. The first-order chi connectivity index (χ1) is 12.4. The molecule has 1 N–H and O–H groups in total. The molecule has 0 radical (unpaired) electrons. The van der Waals surface area contributed by atoms with Crippen LogP contribution >= 0.6 is 0 Å². The Morgan fingerprint density at radius 2 is 1.77 bits per heavy atom. The van der Waals surface area contributed by atoms with Crippen LogP contribution in [0.15, 0.2) is 54.6 Å². The van der Waals surface area contributed by atoms with Crippen molar-refractivity contribution in [1.29, 1.82) is 0 Å². The summed E-state index contributed by atoms with van der Waals surface area (Å²) in [6.45, 7) is 4.27. The molecular weight excluding hydrogens is 335 g/mol. The maximum Gasteiger partial charge on any atom is 0.418 e. The van der Waals surface area contributed by atoms with Crippen molar-refractivity contribution in [2.45, 2.75) is 44.3 Å². The van der Waals surface area contributed by atoms with E-state index in [1.807, 2.05) is 6.07 Å². The largest absolute Gasteiger partial charge is 0.418 e. The van der Waals surface area contributed by atoms with E-state index in [1.54, 1.807) is 0 Å². The Morgan fingerprint density at radius 1 is 1.04 bits per heavy atom. The smallest absolute Gasteiger partial charge is 0.377 e. The summed E-state index contributed by atoms with van der Waals surface area (Å²) in [4.78, 5) is 0. The third-order valence-electron chi connectivity index (χ3n) is 5.66. The highest BCUT2D eigenvalue weighted by Crippen LogP contribution is 2.52. The van der Waals surface area contributed by atoms with Crippen LogP contribution in [0.2, 0.25) is 0 Å². The summed E-state index contributed by atoms with van der Waals surface area (Å²) in [6, 6.07) is 12.7. The van der Waals surface area contributed by atoms with Crippen LogP contribution in [0, 0.1) is 5.92 Å². The van der Waals surface area contributed by atoms with Crippen LogP contribution < -0.4 is 5.32 Å². The van der Waals surface area contributed by atoms with Gasteiger partial charge in [0.05, 0.1) is 17.3 Å². The van der Waals surface area contributed by atoms with Crippen molar-refractivity contribution in [3.05, 3.63) is 76.9 Å². The fraction of sp³-hybridized carbons (Fsp3) is 0.364. The maximum atomic E-state index is 13.5. The Bertz CT molecular complexity index is 833. The molecule has 0 fully saturated rings. The zero-order chi connectivity index (χ0) is 18.5. The standard InChI is InChI=1S/C22H22F3N/c1-13(2)14-9-11-15(12-10-14)20-17-6-3-5-16(17)18-7-4-8-19(21(18)26-20)22(23,24)25/h3-5,7-13,16-17,20,26H,6H2,1-2H3/t16-,17+,20+/m1/s1. The van der Waals surface area contributed by atoms with E-state index < -0.39 is 11.7 Å². The lowest BCUT2D eigenvalue weighted by molar-refractivity contribution is -0.137. The van der Waals surface area contributed by atoms with Crippen molar-refractivity contribution < 1.29 is 13.2 Å². The second-order valence-corrected chi connectivity index (χ2v) is 7.56. The van der Waals surface area contributed by atoms with Gasteiger partial charge < -0.3 is 5.32 Å². The molecule has 2 aromatic rings. The molecule has 4 rings (SSSR count). The molecule has 4 heteroatoms. The number of anilines is 1. The molecule has 0 unspecified atom stereocenters. The van der Waals surface area contributed by atoms with Gasteiger partial charge in [-0.15, -0.1) is 0 Å². The van der Waals surface area contributed by atoms with E-state index in [0.717, 1.165) is 17.5 Å². The summed E-state index contributed by atoms with van der Waals surface area (Å²) in [6.07, 6.45) is 0.686. The van der Waals surface area contributed by atoms with Crippen LogP contribution in [0.3, 0.4) is 0 Å². The lowest BCUT2D eigenvalue weighted by Gasteiger charge is -2.38. The third-order valence-corrected chi connectivity index (χ3v) is 5.66. The normalized spacial score (nSPS) is 24.3. The van der Waals surface area contributed by atoms with Crippen molar-refractivity contribution in [1.82, 2.24) is 0 Å². The van der Waals surface area contributed by atoms with E-state index in [9.17, 15) is 13.2 Å². The molecule has 1 nitrogen and oxygen atoms in total. The average Bonchev–Trinajstić information content (AvgIpc) is 3.09. The number of nitrogens with one attached hydrogen (secondary N) is 1. The molecule has 1 aliphatic heterocycles. The van der Waals surface area contributed by atoms with Gasteiger partial charge in [0.2, 0.25) is 0 Å². The quantitative estimate of drug-likeness (QED) is 0.593. The highest BCUT2D eigenvalue weighted by Gasteiger charge is 2.42. The number of benzene rings is 2. The molecule has 0 saturated carbocycles. The minimum atomic E-state index is -4.36. The Hall–Kier alpha value is -2.23. The number of allylic oxidation sites excluding steroid dienone is 2. The van der Waals surface area contributed by atoms with Crippen LogP contribution in [0.25, 0.3) is 0 Å². The summed E-state index contributed by atoms with van der Waals surface area (Å²) in [5, 5.41) is 3.25. The summed E-state index contributed by atoms with van der Waals surface area (Å²) in [5.74, 6) is 0.709. The first-order valence-electron chi connectivity index (χ1n) is 9.09. The van der Waals surface area contributed by atoms with Crippen LogP contribution in [0.5, 0.6) is 0 Å². The van der Waals surface area contributed by atoms with Crippen molar-refractivity contribution in [3.8, 4) is 0 Å². The lowest BCUT2D eigenvalue weighted by Crippen LogP contribution is -2.30. The predicted molar refractivity (Wildman–Crippen MR) is 98.3 cm³/mol. The molecule has 0 bridgehead atoms. The second kappa shape index (κ2) is 6.19. The van der Waals surface area contributed by atoms with Crippen LogP contribution in [0.4, 0.5) is 18.9 Å². The van der Waals surface area contributed by atoms with Crippen molar-refractivity contribution >= 4 is 5.69 Å². The van der Waals surface area contributed by atoms with Gasteiger partial charge in [0.25, 0.3) is 0 Å². The topological polar surface area (TPSA) is 12.0 Å². The molecule has 136 valence electrons. The number of alkyl halides is 3. The Kier molecular flexibility index (Phi) is 4.09. The molecule has 2 aliphatic rings. The van der Waals surface area contributed by atoms with Gasteiger partial charge in [0.15, 0.2) is 0 Å². The van der Waals surface area contributed by atoms with Gasteiger partial charge in [0, 0.05) is 5.92 Å². The molecule has 0 spiro atoms. The van der Waals surface area contributed by atoms with Gasteiger partial charge in [-0.25, -0.2) is 0 Å². The monoisotopic (exact) mass is 357 g/mol. The van der Waals surface area contributed by atoms with Crippen molar-refractivity contribution in [3.63, 3.8) is 0 Å². The van der Waals surface area contributed by atoms with E-state index in [0.29, 0.717) is 5.92 Å². The molecule has 0 aromatic heterocycles. The molecule has 1 aliphatic carbocycles. The van der Waals surface area contributed by atoms with Gasteiger partial charge in [-0.05, 0) is 41.0 Å². The second-order valence-electron chi connectivity index (χ2n) is 7.56. The Morgan fingerprint density at radius 3 is 2.42 bits per heavy atom. The SMILES string of the molecule is CC(C)c1ccc([C@@H]2Nc3c(cccc3C(F)(F)F)[C@@H]3C=CC[C@@H]32)cc1. The van der Waals surface area contributed by atoms with E-state index in [2.05, 4.69) is 55.6 Å². The molecule has 2 aromatic carbocycles. The fourth-order valence-corrected chi connectivity index (χ4v) is 4.28. The van der Waals surface area contributed by atoms with Crippen LogP contribution in [0.1, 0.15) is 60.4 Å². The summed E-state index contributed by atoms with van der Waals surface area (Å²) in [5.41, 5.74) is 2.72. The minimum Gasteiger partial charge on any atom is -0.377 e. The predicted octanol–water partition coefficient (Wildman–Crippen LogP) is 6.66. The Labute approximate surface area is 151 Å². The first-order valence-corrected chi connectivity index (χ1v) is 9.09. The van der Waals surface area contributed by atoms with Crippen LogP contribution in [-0.4, -0.2) is 0 Å². The van der Waals surface area contributed by atoms with E-state index in [-0.39, 0.29) is 23.6 Å². The van der Waals surface area contributed by atoms with Gasteiger partial charge >= 0.3 is 6.18 Å². The molecule has 1 heterocycles. The highest BCUT2D eigenvalue weighted by molar-refractivity contribution is 5.65. The summed E-state index contributed by atoms with van der Waals surface area (Å²) < 4.78 is 40.6. The lowest BCUT2D eigenvalue weighted by atomic mass is 9.76. The molecule has 0 saturated heterocycles. The minimum absolute atomic E-state index is 0.0309. The molecule has 0 amide bonds. The number of para-hydroxylation sites is 1. The zero-order valence-corrected chi connectivity index (χ0v) is 14.8. The van der Waals surface area contributed by atoms with Crippen molar-refractivity contribution in [2.75, 3.05) is 5.32 Å². The van der Waals surface area contributed by atoms with E-state index in [1.165, 1.54) is 17.7 Å². The molecular formula is C22H22F3N. The highest BCUT2D eigenvalue weighted by atomic mass is 19.4. The summed E-state index contributed by atoms with van der Waals surface area (Å²) in [7, 11) is 0. The summed E-state index contributed by atoms with van der Waals surface area (Å²) >= 11 is 0.